The molecule has 0 aromatic heterocycles. The van der Waals surface area contributed by atoms with E-state index in [1.807, 2.05) is 0 Å². The summed E-state index contributed by atoms with van der Waals surface area (Å²) in [5.41, 5.74) is 0. The molecule has 0 atom stereocenters. The summed E-state index contributed by atoms with van der Waals surface area (Å²) in [5.74, 6) is 2.10. The Balaban J connectivity index is 1.60. The van der Waals surface area contributed by atoms with Gasteiger partial charge in [-0.05, 0) is 50.7 Å². The summed E-state index contributed by atoms with van der Waals surface area (Å²) in [6.07, 6.45) is 7.39. The van der Waals surface area contributed by atoms with E-state index >= 15 is 0 Å². The molecule has 12 heavy (non-hydrogen) atoms. The van der Waals surface area contributed by atoms with E-state index in [9.17, 15) is 0 Å². The largest absolute Gasteiger partial charge is 0.303 e. The Labute approximate surface area is 76.1 Å². The number of nitrogens with zero attached hydrogens (tertiary/aromatic N) is 1. The Hall–Kier alpha value is -0.0400. The van der Waals surface area contributed by atoms with Crippen molar-refractivity contribution >= 4 is 0 Å². The highest BCUT2D eigenvalue weighted by atomic mass is 15.1. The van der Waals surface area contributed by atoms with Crippen molar-refractivity contribution in [1.82, 2.24) is 4.90 Å². The van der Waals surface area contributed by atoms with E-state index in [1.165, 1.54) is 51.7 Å². The highest BCUT2D eigenvalue weighted by Crippen LogP contribution is 2.32. The predicted octanol–water partition coefficient (Wildman–Crippen LogP) is 2.52. The van der Waals surface area contributed by atoms with Crippen LogP contribution >= 0.6 is 0 Å². The third-order valence-corrected chi connectivity index (χ3v) is 3.43. The Morgan fingerprint density at radius 1 is 1.08 bits per heavy atom. The lowest BCUT2D eigenvalue weighted by Crippen LogP contribution is -2.33. The lowest BCUT2D eigenvalue weighted by atomic mass is 9.99. The number of piperidine rings is 1. The van der Waals surface area contributed by atoms with E-state index in [1.54, 1.807) is 0 Å². The average molecular weight is 167 g/mol. The Kier molecular flexibility index (Phi) is 2.69. The van der Waals surface area contributed by atoms with Gasteiger partial charge in [-0.3, -0.25) is 0 Å². The number of hydrogen-bond donors (Lipinski definition) is 0. The van der Waals surface area contributed by atoms with Crippen LogP contribution in [0.3, 0.4) is 0 Å². The first-order chi connectivity index (χ1) is 5.84. The molecule has 0 radical (unpaired) electrons. The van der Waals surface area contributed by atoms with Gasteiger partial charge in [-0.15, -0.1) is 0 Å². The van der Waals surface area contributed by atoms with Gasteiger partial charge in [0.15, 0.2) is 0 Å². The fourth-order valence-corrected chi connectivity index (χ4v) is 2.06. The van der Waals surface area contributed by atoms with Gasteiger partial charge >= 0.3 is 0 Å². The molecule has 1 aliphatic carbocycles. The van der Waals surface area contributed by atoms with Crippen LogP contribution in [0.5, 0.6) is 0 Å². The molecule has 1 nitrogen and oxygen atoms in total. The molecule has 1 heterocycles. The van der Waals surface area contributed by atoms with Gasteiger partial charge in [0.25, 0.3) is 0 Å². The lowest BCUT2D eigenvalue weighted by molar-refractivity contribution is 0.188. The molecule has 2 fully saturated rings. The molecule has 1 aliphatic heterocycles. The molecule has 70 valence electrons. The van der Waals surface area contributed by atoms with Crippen LogP contribution < -0.4 is 0 Å². The van der Waals surface area contributed by atoms with E-state index < -0.39 is 0 Å². The summed E-state index contributed by atoms with van der Waals surface area (Å²) >= 11 is 0. The van der Waals surface area contributed by atoms with Crippen molar-refractivity contribution in [3.63, 3.8) is 0 Å². The number of hydrogen-bond acceptors (Lipinski definition) is 1. The maximum Gasteiger partial charge on any atom is -0.00161 e. The van der Waals surface area contributed by atoms with Crippen molar-refractivity contribution < 1.29 is 0 Å². The summed E-state index contributed by atoms with van der Waals surface area (Å²) in [6.45, 7) is 6.51. The molecule has 0 bridgehead atoms. The van der Waals surface area contributed by atoms with Crippen molar-refractivity contribution in [2.75, 3.05) is 19.6 Å². The van der Waals surface area contributed by atoms with Gasteiger partial charge in [-0.25, -0.2) is 0 Å². The van der Waals surface area contributed by atoms with Crippen LogP contribution in [0.1, 0.15) is 39.0 Å². The predicted molar refractivity (Wildman–Crippen MR) is 52.2 cm³/mol. The van der Waals surface area contributed by atoms with Crippen LogP contribution in [0.2, 0.25) is 0 Å². The van der Waals surface area contributed by atoms with Gasteiger partial charge in [-0.2, -0.15) is 0 Å². The van der Waals surface area contributed by atoms with E-state index in [0.717, 1.165) is 11.8 Å². The molecule has 0 aromatic carbocycles. The number of likely N-dealkylation sites (tertiary alicyclic amines) is 1. The minimum Gasteiger partial charge on any atom is -0.303 e. The SMILES string of the molecule is CC1CCN(CCC2CC2)CC1. The zero-order chi connectivity index (χ0) is 8.39. The smallest absolute Gasteiger partial charge is 0.00161 e. The third-order valence-electron chi connectivity index (χ3n) is 3.43. The molecule has 1 heteroatoms. The van der Waals surface area contributed by atoms with Crippen molar-refractivity contribution in [1.29, 1.82) is 0 Å². The van der Waals surface area contributed by atoms with Crippen LogP contribution in [0.4, 0.5) is 0 Å². The van der Waals surface area contributed by atoms with Crippen LogP contribution in [0.15, 0.2) is 0 Å². The lowest BCUT2D eigenvalue weighted by Gasteiger charge is -2.30. The standard InChI is InChI=1S/C11H21N/c1-10-4-7-12(8-5-10)9-6-11-2-3-11/h10-11H,2-9H2,1H3. The molecule has 0 amide bonds. The van der Waals surface area contributed by atoms with Gasteiger partial charge in [-0.1, -0.05) is 19.8 Å². The van der Waals surface area contributed by atoms with E-state index in [-0.39, 0.29) is 0 Å². The minimum absolute atomic E-state index is 0.988. The molecular weight excluding hydrogens is 146 g/mol. The van der Waals surface area contributed by atoms with Gasteiger partial charge in [0.1, 0.15) is 0 Å². The average Bonchev–Trinajstić information content (AvgIpc) is 2.87. The van der Waals surface area contributed by atoms with Gasteiger partial charge in [0.05, 0.1) is 0 Å². The normalized spacial score (nSPS) is 27.8. The second-order valence-electron chi connectivity index (χ2n) is 4.76. The van der Waals surface area contributed by atoms with Crippen molar-refractivity contribution in [2.45, 2.75) is 39.0 Å². The highest BCUT2D eigenvalue weighted by Gasteiger charge is 2.23. The first-order valence-corrected chi connectivity index (χ1v) is 5.57. The summed E-state index contributed by atoms with van der Waals surface area (Å²) in [6, 6.07) is 0. The van der Waals surface area contributed by atoms with E-state index in [0.29, 0.717) is 0 Å². The van der Waals surface area contributed by atoms with Crippen LogP contribution in [0, 0.1) is 11.8 Å². The Bertz CT molecular complexity index is 132. The maximum absolute atomic E-state index is 2.66. The monoisotopic (exact) mass is 167 g/mol. The van der Waals surface area contributed by atoms with Gasteiger partial charge in [0, 0.05) is 0 Å². The second-order valence-corrected chi connectivity index (χ2v) is 4.76. The molecule has 0 unspecified atom stereocenters. The fourth-order valence-electron chi connectivity index (χ4n) is 2.06. The van der Waals surface area contributed by atoms with Crippen LogP contribution in [-0.4, -0.2) is 24.5 Å². The zero-order valence-corrected chi connectivity index (χ0v) is 8.26. The zero-order valence-electron chi connectivity index (χ0n) is 8.26. The molecule has 0 aromatic rings. The summed E-state index contributed by atoms with van der Waals surface area (Å²) in [4.78, 5) is 2.66. The summed E-state index contributed by atoms with van der Waals surface area (Å²) in [7, 11) is 0. The van der Waals surface area contributed by atoms with Crippen LogP contribution in [0.25, 0.3) is 0 Å². The molecule has 2 aliphatic rings. The third kappa shape index (κ3) is 2.48. The van der Waals surface area contributed by atoms with E-state index in [2.05, 4.69) is 11.8 Å². The van der Waals surface area contributed by atoms with Crippen LogP contribution in [-0.2, 0) is 0 Å². The number of rotatable bonds is 3. The Morgan fingerprint density at radius 2 is 1.75 bits per heavy atom. The molecule has 0 N–H and O–H groups in total. The molecule has 1 saturated carbocycles. The van der Waals surface area contributed by atoms with Crippen molar-refractivity contribution in [2.24, 2.45) is 11.8 Å². The second kappa shape index (κ2) is 3.78. The van der Waals surface area contributed by atoms with Gasteiger partial charge < -0.3 is 4.90 Å². The van der Waals surface area contributed by atoms with Crippen molar-refractivity contribution in [3.05, 3.63) is 0 Å². The highest BCUT2D eigenvalue weighted by molar-refractivity contribution is 4.76. The quantitative estimate of drug-likeness (QED) is 0.624. The van der Waals surface area contributed by atoms with E-state index in [4.69, 9.17) is 0 Å². The minimum atomic E-state index is 0.988. The first kappa shape index (κ1) is 8.55. The topological polar surface area (TPSA) is 3.24 Å². The fraction of sp³-hybridized carbons (Fsp3) is 1.00. The summed E-state index contributed by atoms with van der Waals surface area (Å²) < 4.78 is 0. The van der Waals surface area contributed by atoms with Crippen molar-refractivity contribution in [3.8, 4) is 0 Å². The van der Waals surface area contributed by atoms with Gasteiger partial charge in [0.2, 0.25) is 0 Å². The first-order valence-electron chi connectivity index (χ1n) is 5.57. The molecule has 1 saturated heterocycles. The molecule has 0 spiro atoms. The Morgan fingerprint density at radius 3 is 2.33 bits per heavy atom. The molecule has 2 rings (SSSR count). The maximum atomic E-state index is 2.66. The summed E-state index contributed by atoms with van der Waals surface area (Å²) in [5, 5.41) is 0. The molecular formula is C11H21N.